The zero-order chi connectivity index (χ0) is 14.2. The highest BCUT2D eigenvalue weighted by molar-refractivity contribution is 5.69. The molecule has 0 aromatic rings. The van der Waals surface area contributed by atoms with E-state index >= 15 is 0 Å². The molecule has 0 spiro atoms. The summed E-state index contributed by atoms with van der Waals surface area (Å²) in [5, 5.41) is 8.60. The Bertz CT molecular complexity index is 243. The Morgan fingerprint density at radius 3 is 2.26 bits per heavy atom. The zero-order valence-electron chi connectivity index (χ0n) is 12.0. The molecule has 0 fully saturated rings. The lowest BCUT2D eigenvalue weighted by atomic mass is 10.1. The first kappa shape index (κ1) is 18.0. The van der Waals surface area contributed by atoms with Crippen LogP contribution in [0.3, 0.4) is 0 Å². The molecular weight excluding hydrogens is 240 g/mol. The first-order valence-electron chi connectivity index (χ1n) is 7.51. The van der Waals surface area contributed by atoms with Crippen molar-refractivity contribution in [3.63, 3.8) is 0 Å². The Labute approximate surface area is 117 Å². The number of hydrogen-bond donors (Lipinski definition) is 1. The van der Waals surface area contributed by atoms with E-state index in [1.165, 1.54) is 19.3 Å². The molecule has 0 radical (unpaired) electrons. The molecule has 0 aliphatic carbocycles. The number of carbonyl (C=O) groups is 1. The number of esters is 1. The number of aliphatic hydroxyl groups excluding tert-OH is 1. The van der Waals surface area contributed by atoms with Crippen LogP contribution >= 0.6 is 0 Å². The molecular formula is C16H28O3. The number of unbranched alkanes of at least 4 members (excludes halogenated alkanes) is 8. The molecule has 0 aliphatic heterocycles. The molecule has 1 N–H and O–H groups in total. The van der Waals surface area contributed by atoms with Gasteiger partial charge in [0.05, 0.1) is 6.61 Å². The molecule has 0 heterocycles. The minimum atomic E-state index is -0.105. The van der Waals surface area contributed by atoms with Crippen molar-refractivity contribution in [1.29, 1.82) is 0 Å². The van der Waals surface area contributed by atoms with Crippen LogP contribution in [0.25, 0.3) is 0 Å². The number of rotatable bonds is 13. The lowest BCUT2D eigenvalue weighted by molar-refractivity contribution is -0.143. The highest BCUT2D eigenvalue weighted by atomic mass is 16.5. The van der Waals surface area contributed by atoms with Crippen LogP contribution < -0.4 is 0 Å². The van der Waals surface area contributed by atoms with Crippen LogP contribution in [0.15, 0.2) is 0 Å². The van der Waals surface area contributed by atoms with E-state index in [1.807, 2.05) is 0 Å². The average Bonchev–Trinajstić information content (AvgIpc) is 2.42. The highest BCUT2D eigenvalue weighted by Gasteiger charge is 2.01. The number of carbonyl (C=O) groups excluding carboxylic acids is 1. The lowest BCUT2D eigenvalue weighted by Crippen LogP contribution is -2.05. The number of terminal acetylenes is 1. The minimum absolute atomic E-state index is 0.105. The molecule has 0 rings (SSSR count). The quantitative estimate of drug-likeness (QED) is 0.316. The van der Waals surface area contributed by atoms with E-state index in [4.69, 9.17) is 16.3 Å². The van der Waals surface area contributed by atoms with Crippen LogP contribution in [0.5, 0.6) is 0 Å². The van der Waals surface area contributed by atoms with Gasteiger partial charge in [0.25, 0.3) is 0 Å². The van der Waals surface area contributed by atoms with Crippen LogP contribution in [0.1, 0.15) is 70.6 Å². The van der Waals surface area contributed by atoms with Gasteiger partial charge in [0.2, 0.25) is 0 Å². The van der Waals surface area contributed by atoms with Gasteiger partial charge in [-0.1, -0.05) is 32.1 Å². The van der Waals surface area contributed by atoms with Gasteiger partial charge in [0.1, 0.15) is 0 Å². The second-order valence-electron chi connectivity index (χ2n) is 4.83. The third kappa shape index (κ3) is 14.9. The van der Waals surface area contributed by atoms with Gasteiger partial charge in [0, 0.05) is 19.4 Å². The van der Waals surface area contributed by atoms with Crippen molar-refractivity contribution in [2.24, 2.45) is 0 Å². The fraction of sp³-hybridized carbons (Fsp3) is 0.812. The molecule has 0 atom stereocenters. The van der Waals surface area contributed by atoms with Gasteiger partial charge in [-0.3, -0.25) is 4.79 Å². The van der Waals surface area contributed by atoms with Gasteiger partial charge in [-0.25, -0.2) is 0 Å². The Kier molecular flexibility index (Phi) is 14.2. The summed E-state index contributed by atoms with van der Waals surface area (Å²) in [5.74, 6) is 2.54. The first-order valence-corrected chi connectivity index (χ1v) is 7.51. The van der Waals surface area contributed by atoms with E-state index in [0.717, 1.165) is 44.9 Å². The highest BCUT2D eigenvalue weighted by Crippen LogP contribution is 2.07. The van der Waals surface area contributed by atoms with Crippen molar-refractivity contribution in [3.8, 4) is 12.3 Å². The van der Waals surface area contributed by atoms with Crippen LogP contribution in [0, 0.1) is 12.3 Å². The van der Waals surface area contributed by atoms with Crippen LogP contribution in [-0.4, -0.2) is 24.3 Å². The van der Waals surface area contributed by atoms with Crippen molar-refractivity contribution in [2.45, 2.75) is 70.6 Å². The maximum absolute atomic E-state index is 11.3. The lowest BCUT2D eigenvalue weighted by Gasteiger charge is -2.04. The maximum Gasteiger partial charge on any atom is 0.305 e. The van der Waals surface area contributed by atoms with Gasteiger partial charge in [0.15, 0.2) is 0 Å². The van der Waals surface area contributed by atoms with Gasteiger partial charge < -0.3 is 9.84 Å². The second kappa shape index (κ2) is 15.0. The summed E-state index contributed by atoms with van der Waals surface area (Å²) < 4.78 is 5.14. The molecule has 0 saturated carbocycles. The number of hydrogen-bond acceptors (Lipinski definition) is 3. The van der Waals surface area contributed by atoms with E-state index in [9.17, 15) is 4.79 Å². The van der Waals surface area contributed by atoms with Crippen molar-refractivity contribution in [2.75, 3.05) is 13.2 Å². The monoisotopic (exact) mass is 268 g/mol. The Balaban J connectivity index is 3.12. The van der Waals surface area contributed by atoms with Crippen LogP contribution in [-0.2, 0) is 9.53 Å². The normalized spacial score (nSPS) is 10.1. The topological polar surface area (TPSA) is 46.5 Å². The third-order valence-electron chi connectivity index (χ3n) is 3.02. The Hall–Kier alpha value is -1.01. The smallest absolute Gasteiger partial charge is 0.305 e. The predicted octanol–water partition coefficient (Wildman–Crippen LogP) is 3.45. The average molecular weight is 268 g/mol. The molecule has 110 valence electrons. The molecule has 0 aromatic carbocycles. The van der Waals surface area contributed by atoms with Crippen molar-refractivity contribution in [1.82, 2.24) is 0 Å². The molecule has 0 saturated heterocycles. The second-order valence-corrected chi connectivity index (χ2v) is 4.83. The van der Waals surface area contributed by atoms with E-state index < -0.39 is 0 Å². The molecule has 3 heteroatoms. The van der Waals surface area contributed by atoms with Gasteiger partial charge in [-0.05, 0) is 25.7 Å². The maximum atomic E-state index is 11.3. The zero-order valence-corrected chi connectivity index (χ0v) is 12.0. The van der Waals surface area contributed by atoms with Crippen LogP contribution in [0.2, 0.25) is 0 Å². The summed E-state index contributed by atoms with van der Waals surface area (Å²) in [6.45, 7) is 0.750. The number of ether oxygens (including phenoxy) is 1. The molecule has 0 aliphatic rings. The minimum Gasteiger partial charge on any atom is -0.466 e. The summed E-state index contributed by atoms with van der Waals surface area (Å²) in [7, 11) is 0. The molecule has 0 amide bonds. The first-order chi connectivity index (χ1) is 9.31. The summed E-state index contributed by atoms with van der Waals surface area (Å²) in [4.78, 5) is 11.3. The fourth-order valence-corrected chi connectivity index (χ4v) is 1.85. The SMILES string of the molecule is C#CCCCCCCCCOC(=O)CCCCCO. The van der Waals surface area contributed by atoms with E-state index in [-0.39, 0.29) is 12.6 Å². The summed E-state index contributed by atoms with van der Waals surface area (Å²) in [6.07, 6.45) is 15.8. The van der Waals surface area contributed by atoms with E-state index in [2.05, 4.69) is 5.92 Å². The van der Waals surface area contributed by atoms with Gasteiger partial charge in [-0.15, -0.1) is 12.3 Å². The largest absolute Gasteiger partial charge is 0.466 e. The van der Waals surface area contributed by atoms with Gasteiger partial charge in [-0.2, -0.15) is 0 Å². The predicted molar refractivity (Wildman–Crippen MR) is 77.7 cm³/mol. The molecule has 0 bridgehead atoms. The van der Waals surface area contributed by atoms with Gasteiger partial charge >= 0.3 is 5.97 Å². The number of aliphatic hydroxyl groups is 1. The summed E-state index contributed by atoms with van der Waals surface area (Å²) in [6, 6.07) is 0. The third-order valence-corrected chi connectivity index (χ3v) is 3.02. The van der Waals surface area contributed by atoms with Crippen molar-refractivity contribution < 1.29 is 14.6 Å². The molecule has 0 unspecified atom stereocenters. The van der Waals surface area contributed by atoms with Crippen LogP contribution in [0.4, 0.5) is 0 Å². The van der Waals surface area contributed by atoms with Crippen molar-refractivity contribution >= 4 is 5.97 Å². The molecule has 3 nitrogen and oxygen atoms in total. The standard InChI is InChI=1S/C16H28O3/c1-2-3-4-5-6-7-8-12-15-19-16(18)13-10-9-11-14-17/h1,17H,3-15H2. The fourth-order valence-electron chi connectivity index (χ4n) is 1.85. The summed E-state index contributed by atoms with van der Waals surface area (Å²) >= 11 is 0. The van der Waals surface area contributed by atoms with Crippen molar-refractivity contribution in [3.05, 3.63) is 0 Å². The summed E-state index contributed by atoms with van der Waals surface area (Å²) in [5.41, 5.74) is 0. The Morgan fingerprint density at radius 2 is 1.58 bits per heavy atom. The van der Waals surface area contributed by atoms with E-state index in [1.54, 1.807) is 0 Å². The molecule has 19 heavy (non-hydrogen) atoms. The Morgan fingerprint density at radius 1 is 0.947 bits per heavy atom. The molecule has 0 aromatic heterocycles. The van der Waals surface area contributed by atoms with E-state index in [0.29, 0.717) is 13.0 Å².